The molecule has 0 aliphatic heterocycles. The van der Waals surface area contributed by atoms with Crippen molar-refractivity contribution in [2.45, 2.75) is 32.2 Å². The summed E-state index contributed by atoms with van der Waals surface area (Å²) in [4.78, 5) is 14.7. The van der Waals surface area contributed by atoms with Gasteiger partial charge in [0.1, 0.15) is 5.75 Å². The molecule has 3 rings (SSSR count). The Labute approximate surface area is 189 Å². The Kier molecular flexibility index (Phi) is 6.89. The lowest BCUT2D eigenvalue weighted by Crippen LogP contribution is -2.27. The van der Waals surface area contributed by atoms with Crippen molar-refractivity contribution >= 4 is 21.6 Å². The number of carbonyl (C=O) groups is 1. The van der Waals surface area contributed by atoms with Gasteiger partial charge in [0, 0.05) is 30.4 Å². The topological polar surface area (TPSA) is 75.7 Å². The van der Waals surface area contributed by atoms with Gasteiger partial charge in [-0.2, -0.15) is 0 Å². The highest BCUT2D eigenvalue weighted by atomic mass is 32.2. The molecule has 7 heteroatoms. The number of sulfonamides is 1. The molecule has 0 unspecified atom stereocenters. The third-order valence-corrected chi connectivity index (χ3v) is 6.95. The molecule has 6 nitrogen and oxygen atoms in total. The van der Waals surface area contributed by atoms with Gasteiger partial charge in [0.15, 0.2) is 0 Å². The van der Waals surface area contributed by atoms with E-state index in [2.05, 4.69) is 4.72 Å². The molecule has 0 atom stereocenters. The van der Waals surface area contributed by atoms with E-state index in [4.69, 9.17) is 4.74 Å². The van der Waals surface area contributed by atoms with Gasteiger partial charge in [-0.25, -0.2) is 8.42 Å². The van der Waals surface area contributed by atoms with E-state index < -0.39 is 10.0 Å². The molecule has 32 heavy (non-hydrogen) atoms. The van der Waals surface area contributed by atoms with Crippen molar-refractivity contribution in [2.24, 2.45) is 0 Å². The molecule has 0 spiro atoms. The van der Waals surface area contributed by atoms with Crippen LogP contribution in [-0.2, 0) is 16.6 Å². The first-order valence-corrected chi connectivity index (χ1v) is 11.7. The van der Waals surface area contributed by atoms with Crippen LogP contribution in [0.4, 0.5) is 5.69 Å². The number of methoxy groups -OCH3 is 1. The number of hydrogen-bond donors (Lipinski definition) is 1. The van der Waals surface area contributed by atoms with Crippen LogP contribution in [0.5, 0.6) is 5.75 Å². The Morgan fingerprint density at radius 1 is 0.938 bits per heavy atom. The lowest BCUT2D eigenvalue weighted by atomic mass is 10.1. The average Bonchev–Trinajstić information content (AvgIpc) is 2.76. The van der Waals surface area contributed by atoms with Crippen molar-refractivity contribution in [1.29, 1.82) is 0 Å². The zero-order valence-electron chi connectivity index (χ0n) is 19.0. The molecule has 168 valence electrons. The van der Waals surface area contributed by atoms with Crippen LogP contribution in [0.15, 0.2) is 65.6 Å². The van der Waals surface area contributed by atoms with E-state index in [1.165, 1.54) is 11.0 Å². The van der Waals surface area contributed by atoms with Gasteiger partial charge >= 0.3 is 0 Å². The quantitative estimate of drug-likeness (QED) is 0.564. The summed E-state index contributed by atoms with van der Waals surface area (Å²) < 4.78 is 34.2. The molecule has 1 amide bonds. The molecule has 3 aromatic carbocycles. The first kappa shape index (κ1) is 23.3. The molecule has 0 radical (unpaired) electrons. The second-order valence-corrected chi connectivity index (χ2v) is 9.51. The Morgan fingerprint density at radius 2 is 1.62 bits per heavy atom. The normalized spacial score (nSPS) is 11.2. The van der Waals surface area contributed by atoms with E-state index in [1.807, 2.05) is 44.2 Å². The van der Waals surface area contributed by atoms with Crippen LogP contribution in [-0.4, -0.2) is 33.4 Å². The summed E-state index contributed by atoms with van der Waals surface area (Å²) in [5.74, 6) is 0.412. The van der Waals surface area contributed by atoms with Crippen LogP contribution in [0.3, 0.4) is 0 Å². The first-order valence-electron chi connectivity index (χ1n) is 10.2. The van der Waals surface area contributed by atoms with Crippen molar-refractivity contribution in [3.05, 3.63) is 88.5 Å². The van der Waals surface area contributed by atoms with Gasteiger partial charge in [0.25, 0.3) is 15.9 Å². The molecule has 0 fully saturated rings. The van der Waals surface area contributed by atoms with E-state index in [-0.39, 0.29) is 10.8 Å². The Bertz CT molecular complexity index is 1250. The third kappa shape index (κ3) is 5.11. The van der Waals surface area contributed by atoms with E-state index in [0.29, 0.717) is 29.1 Å². The fourth-order valence-corrected chi connectivity index (χ4v) is 4.74. The number of nitrogens with zero attached hydrogens (tertiary/aromatic N) is 1. The van der Waals surface area contributed by atoms with Crippen LogP contribution in [0.1, 0.15) is 32.6 Å². The molecular weight excluding hydrogens is 424 g/mol. The van der Waals surface area contributed by atoms with Gasteiger partial charge in [-0.1, -0.05) is 30.3 Å². The number of anilines is 1. The highest BCUT2D eigenvalue weighted by Gasteiger charge is 2.21. The van der Waals surface area contributed by atoms with Gasteiger partial charge in [-0.3, -0.25) is 9.52 Å². The number of carbonyl (C=O) groups excluding carboxylic acids is 1. The number of rotatable bonds is 7. The molecule has 0 aliphatic carbocycles. The summed E-state index contributed by atoms with van der Waals surface area (Å²) in [6, 6.07) is 17.6. The zero-order valence-corrected chi connectivity index (χ0v) is 19.8. The first-order chi connectivity index (χ1) is 15.1. The summed E-state index contributed by atoms with van der Waals surface area (Å²) in [5.41, 5.74) is 4.28. The van der Waals surface area contributed by atoms with Crippen molar-refractivity contribution < 1.29 is 17.9 Å². The minimum absolute atomic E-state index is 0.0762. The highest BCUT2D eigenvalue weighted by molar-refractivity contribution is 7.92. The second kappa shape index (κ2) is 9.44. The fourth-order valence-electron chi connectivity index (χ4n) is 3.42. The predicted octanol–water partition coefficient (Wildman–Crippen LogP) is 4.69. The van der Waals surface area contributed by atoms with Crippen LogP contribution in [0.25, 0.3) is 0 Å². The van der Waals surface area contributed by atoms with Gasteiger partial charge < -0.3 is 9.64 Å². The maximum Gasteiger partial charge on any atom is 0.262 e. The van der Waals surface area contributed by atoms with E-state index >= 15 is 0 Å². The number of para-hydroxylation sites is 1. The number of ether oxygens (including phenoxy) is 1. The molecule has 0 saturated heterocycles. The zero-order chi connectivity index (χ0) is 23.5. The monoisotopic (exact) mass is 452 g/mol. The molecule has 0 heterocycles. The third-order valence-electron chi connectivity index (χ3n) is 5.43. The Hall–Kier alpha value is -3.32. The molecule has 3 aromatic rings. The average molecular weight is 453 g/mol. The van der Waals surface area contributed by atoms with Crippen LogP contribution >= 0.6 is 0 Å². The lowest BCUT2D eigenvalue weighted by molar-refractivity contribution is 0.0784. The number of amides is 1. The van der Waals surface area contributed by atoms with Crippen molar-refractivity contribution in [3.8, 4) is 5.75 Å². The van der Waals surface area contributed by atoms with Gasteiger partial charge in [-0.05, 0) is 67.8 Å². The van der Waals surface area contributed by atoms with E-state index in [0.717, 1.165) is 16.7 Å². The number of hydrogen-bond acceptors (Lipinski definition) is 4. The molecule has 0 saturated carbocycles. The molecule has 0 bridgehead atoms. The minimum atomic E-state index is -3.87. The van der Waals surface area contributed by atoms with Crippen LogP contribution < -0.4 is 9.46 Å². The fraction of sp³-hybridized carbons (Fsp3) is 0.240. The lowest BCUT2D eigenvalue weighted by Gasteiger charge is -2.20. The maximum atomic E-state index is 13.1. The summed E-state index contributed by atoms with van der Waals surface area (Å²) in [7, 11) is -0.605. The summed E-state index contributed by atoms with van der Waals surface area (Å²) in [6.07, 6.45) is 0. The number of benzene rings is 3. The second-order valence-electron chi connectivity index (χ2n) is 7.86. The highest BCUT2D eigenvalue weighted by Crippen LogP contribution is 2.24. The minimum Gasteiger partial charge on any atom is -0.496 e. The smallest absolute Gasteiger partial charge is 0.262 e. The SMILES string of the molecule is COc1ccccc1CN(C)C(=O)c1ccc(C)c(S(=O)(=O)Nc2ccc(C)c(C)c2)c1. The molecule has 0 aliphatic rings. The molecule has 1 N–H and O–H groups in total. The van der Waals surface area contributed by atoms with Gasteiger partial charge in [0.05, 0.1) is 12.0 Å². The maximum absolute atomic E-state index is 13.1. The van der Waals surface area contributed by atoms with Crippen LogP contribution in [0.2, 0.25) is 0 Å². The van der Waals surface area contributed by atoms with Crippen LogP contribution in [0, 0.1) is 20.8 Å². The Balaban J connectivity index is 1.86. The van der Waals surface area contributed by atoms with Gasteiger partial charge in [-0.15, -0.1) is 0 Å². The number of aryl methyl sites for hydroxylation is 3. The summed E-state index contributed by atoms with van der Waals surface area (Å²) >= 11 is 0. The Morgan fingerprint density at radius 3 is 2.31 bits per heavy atom. The van der Waals surface area contributed by atoms with Crippen molar-refractivity contribution in [1.82, 2.24) is 4.90 Å². The summed E-state index contributed by atoms with van der Waals surface area (Å²) in [6.45, 7) is 5.94. The molecule has 0 aromatic heterocycles. The van der Waals surface area contributed by atoms with E-state index in [9.17, 15) is 13.2 Å². The summed E-state index contributed by atoms with van der Waals surface area (Å²) in [5, 5.41) is 0. The number of nitrogens with one attached hydrogen (secondary N) is 1. The predicted molar refractivity (Wildman–Crippen MR) is 127 cm³/mol. The van der Waals surface area contributed by atoms with Crippen molar-refractivity contribution in [3.63, 3.8) is 0 Å². The largest absolute Gasteiger partial charge is 0.496 e. The van der Waals surface area contributed by atoms with Gasteiger partial charge in [0.2, 0.25) is 0 Å². The molecular formula is C25H28N2O4S. The van der Waals surface area contributed by atoms with Crippen molar-refractivity contribution in [2.75, 3.05) is 18.9 Å². The standard InChI is InChI=1S/C25H28N2O4S/c1-17-11-13-22(14-19(17)3)26-32(29,30)24-15-20(12-10-18(24)2)25(28)27(4)16-21-8-6-7-9-23(21)31-5/h6-15,26H,16H2,1-5H3. The van der Waals surface area contributed by atoms with E-state index in [1.54, 1.807) is 45.3 Å².